The first-order valence-corrected chi connectivity index (χ1v) is 6.47. The summed E-state index contributed by atoms with van der Waals surface area (Å²) in [5.74, 6) is -0.114. The normalized spacial score (nSPS) is 10.4. The number of benzene rings is 1. The summed E-state index contributed by atoms with van der Waals surface area (Å²) in [4.78, 5) is 7.81. The molecule has 0 radical (unpaired) electrons. The van der Waals surface area contributed by atoms with Crippen molar-refractivity contribution in [1.82, 2.24) is 9.97 Å². The summed E-state index contributed by atoms with van der Waals surface area (Å²) in [6.07, 6.45) is 1.94. The van der Waals surface area contributed by atoms with E-state index in [-0.39, 0.29) is 11.6 Å². The van der Waals surface area contributed by atoms with Crippen LogP contribution in [0.3, 0.4) is 0 Å². The van der Waals surface area contributed by atoms with Crippen molar-refractivity contribution in [2.45, 2.75) is 19.9 Å². The van der Waals surface area contributed by atoms with Crippen LogP contribution in [0.4, 0.5) is 10.2 Å². The van der Waals surface area contributed by atoms with Gasteiger partial charge in [0.25, 0.3) is 0 Å². The second kappa shape index (κ2) is 5.91. The molecule has 0 aliphatic rings. The Morgan fingerprint density at radius 1 is 1.33 bits per heavy atom. The topological polar surface area (TPSA) is 37.8 Å². The molecule has 1 aromatic carbocycles. The van der Waals surface area contributed by atoms with E-state index >= 15 is 0 Å². The van der Waals surface area contributed by atoms with Gasteiger partial charge in [0.05, 0.1) is 5.69 Å². The van der Waals surface area contributed by atoms with Gasteiger partial charge >= 0.3 is 0 Å². The van der Waals surface area contributed by atoms with Gasteiger partial charge in [-0.25, -0.2) is 14.4 Å². The average molecular weight is 310 g/mol. The Kier molecular flexibility index (Phi) is 4.25. The summed E-state index contributed by atoms with van der Waals surface area (Å²) < 4.78 is 14.9. The second-order valence-electron chi connectivity index (χ2n) is 3.82. The van der Waals surface area contributed by atoms with Gasteiger partial charge < -0.3 is 5.32 Å². The SMILES string of the molecule is CCc1ncnc(NCc2cccc(Br)c2)c1F. The minimum Gasteiger partial charge on any atom is -0.363 e. The molecule has 0 aliphatic heterocycles. The largest absolute Gasteiger partial charge is 0.363 e. The zero-order valence-corrected chi connectivity index (χ0v) is 11.5. The Labute approximate surface area is 114 Å². The molecule has 3 nitrogen and oxygen atoms in total. The molecule has 0 saturated carbocycles. The van der Waals surface area contributed by atoms with Crippen LogP contribution in [0.1, 0.15) is 18.2 Å². The molecule has 18 heavy (non-hydrogen) atoms. The molecule has 0 bridgehead atoms. The second-order valence-corrected chi connectivity index (χ2v) is 4.74. The molecule has 94 valence electrons. The van der Waals surface area contributed by atoms with Gasteiger partial charge in [0, 0.05) is 11.0 Å². The molecule has 0 aliphatic carbocycles. The number of rotatable bonds is 4. The number of anilines is 1. The minimum absolute atomic E-state index is 0.252. The molecule has 0 amide bonds. The molecule has 0 spiro atoms. The molecule has 2 aromatic rings. The molecule has 0 saturated heterocycles. The summed E-state index contributed by atoms with van der Waals surface area (Å²) in [5.41, 5.74) is 1.49. The lowest BCUT2D eigenvalue weighted by molar-refractivity contribution is 0.596. The first-order chi connectivity index (χ1) is 8.70. The summed E-state index contributed by atoms with van der Waals surface area (Å²) in [5, 5.41) is 2.98. The van der Waals surface area contributed by atoms with Crippen molar-refractivity contribution >= 4 is 21.7 Å². The fraction of sp³-hybridized carbons (Fsp3) is 0.231. The Morgan fingerprint density at radius 3 is 2.89 bits per heavy atom. The summed E-state index contributed by atoms with van der Waals surface area (Å²) in [6.45, 7) is 2.39. The van der Waals surface area contributed by atoms with Crippen LogP contribution in [0, 0.1) is 5.82 Å². The molecule has 0 unspecified atom stereocenters. The van der Waals surface area contributed by atoms with Gasteiger partial charge in [-0.05, 0) is 24.1 Å². The zero-order valence-electron chi connectivity index (χ0n) is 9.95. The Morgan fingerprint density at radius 2 is 2.17 bits per heavy atom. The van der Waals surface area contributed by atoms with Crippen LogP contribution in [0.5, 0.6) is 0 Å². The first-order valence-electron chi connectivity index (χ1n) is 5.68. The third-order valence-corrected chi connectivity index (χ3v) is 3.04. The van der Waals surface area contributed by atoms with E-state index in [0.29, 0.717) is 18.7 Å². The third kappa shape index (κ3) is 3.04. The van der Waals surface area contributed by atoms with Crippen molar-refractivity contribution in [1.29, 1.82) is 0 Å². The zero-order chi connectivity index (χ0) is 13.0. The standard InChI is InChI=1S/C13H13BrFN3/c1-2-11-12(15)13(18-8-17-11)16-7-9-4-3-5-10(14)6-9/h3-6,8H,2,7H2,1H3,(H,16,17,18). The number of nitrogens with zero attached hydrogens (tertiary/aromatic N) is 2. The van der Waals surface area contributed by atoms with E-state index in [2.05, 4.69) is 31.2 Å². The van der Waals surface area contributed by atoms with E-state index in [9.17, 15) is 4.39 Å². The maximum atomic E-state index is 13.9. The number of hydrogen-bond donors (Lipinski definition) is 1. The molecule has 5 heteroatoms. The van der Waals surface area contributed by atoms with E-state index < -0.39 is 0 Å². The van der Waals surface area contributed by atoms with Crippen molar-refractivity contribution in [3.63, 3.8) is 0 Å². The van der Waals surface area contributed by atoms with E-state index in [4.69, 9.17) is 0 Å². The van der Waals surface area contributed by atoms with Gasteiger partial charge in [-0.15, -0.1) is 0 Å². The van der Waals surface area contributed by atoms with Gasteiger partial charge in [-0.3, -0.25) is 0 Å². The number of aryl methyl sites for hydroxylation is 1. The van der Waals surface area contributed by atoms with Gasteiger partial charge in [-0.2, -0.15) is 0 Å². The monoisotopic (exact) mass is 309 g/mol. The van der Waals surface area contributed by atoms with Gasteiger partial charge in [-0.1, -0.05) is 35.0 Å². The van der Waals surface area contributed by atoms with E-state index in [1.54, 1.807) is 0 Å². The highest BCUT2D eigenvalue weighted by Crippen LogP contribution is 2.16. The van der Waals surface area contributed by atoms with Crippen molar-refractivity contribution in [3.8, 4) is 0 Å². The average Bonchev–Trinajstić information content (AvgIpc) is 2.38. The molecule has 0 fully saturated rings. The Hall–Kier alpha value is -1.49. The van der Waals surface area contributed by atoms with Crippen LogP contribution in [-0.2, 0) is 13.0 Å². The molecule has 0 atom stereocenters. The number of halogens is 2. The van der Waals surface area contributed by atoms with E-state index in [0.717, 1.165) is 10.0 Å². The molecule has 1 N–H and O–H groups in total. The molecule has 1 aromatic heterocycles. The van der Waals surface area contributed by atoms with Crippen LogP contribution in [-0.4, -0.2) is 9.97 Å². The van der Waals surface area contributed by atoms with Crippen LogP contribution >= 0.6 is 15.9 Å². The fourth-order valence-electron chi connectivity index (χ4n) is 1.61. The summed E-state index contributed by atoms with van der Waals surface area (Å²) in [6, 6.07) is 7.84. The van der Waals surface area contributed by atoms with Gasteiger partial charge in [0.2, 0.25) is 0 Å². The lowest BCUT2D eigenvalue weighted by Gasteiger charge is -2.08. The Balaban J connectivity index is 2.11. The quantitative estimate of drug-likeness (QED) is 0.938. The van der Waals surface area contributed by atoms with Crippen molar-refractivity contribution in [2.75, 3.05) is 5.32 Å². The van der Waals surface area contributed by atoms with Gasteiger partial charge in [0.1, 0.15) is 6.33 Å². The predicted molar refractivity (Wildman–Crippen MR) is 72.8 cm³/mol. The highest BCUT2D eigenvalue weighted by atomic mass is 79.9. The van der Waals surface area contributed by atoms with Crippen LogP contribution < -0.4 is 5.32 Å². The highest BCUT2D eigenvalue weighted by molar-refractivity contribution is 9.10. The van der Waals surface area contributed by atoms with Crippen molar-refractivity contribution < 1.29 is 4.39 Å². The maximum Gasteiger partial charge on any atom is 0.186 e. The molecular weight excluding hydrogens is 297 g/mol. The Bertz CT molecular complexity index is 546. The highest BCUT2D eigenvalue weighted by Gasteiger charge is 2.08. The maximum absolute atomic E-state index is 13.9. The number of hydrogen-bond acceptors (Lipinski definition) is 3. The lowest BCUT2D eigenvalue weighted by atomic mass is 10.2. The minimum atomic E-state index is -0.366. The van der Waals surface area contributed by atoms with Crippen LogP contribution in [0.15, 0.2) is 35.1 Å². The van der Waals surface area contributed by atoms with Crippen LogP contribution in [0.25, 0.3) is 0 Å². The third-order valence-electron chi connectivity index (χ3n) is 2.55. The van der Waals surface area contributed by atoms with Crippen molar-refractivity contribution in [2.24, 2.45) is 0 Å². The molecule has 2 rings (SSSR count). The summed E-state index contributed by atoms with van der Waals surface area (Å²) in [7, 11) is 0. The predicted octanol–water partition coefficient (Wildman–Crippen LogP) is 3.55. The molecule has 1 heterocycles. The van der Waals surface area contributed by atoms with E-state index in [1.807, 2.05) is 31.2 Å². The first kappa shape index (κ1) is 13.0. The summed E-state index contributed by atoms with van der Waals surface area (Å²) >= 11 is 3.40. The van der Waals surface area contributed by atoms with E-state index in [1.165, 1.54) is 6.33 Å². The number of nitrogens with one attached hydrogen (secondary N) is 1. The molecular formula is C13H13BrFN3. The lowest BCUT2D eigenvalue weighted by Crippen LogP contribution is -2.06. The smallest absolute Gasteiger partial charge is 0.186 e. The van der Waals surface area contributed by atoms with Gasteiger partial charge in [0.15, 0.2) is 11.6 Å². The van der Waals surface area contributed by atoms with Crippen LogP contribution in [0.2, 0.25) is 0 Å². The number of aromatic nitrogens is 2. The van der Waals surface area contributed by atoms with Crippen molar-refractivity contribution in [3.05, 3.63) is 52.1 Å². The fourth-order valence-corrected chi connectivity index (χ4v) is 2.06.